The lowest BCUT2D eigenvalue weighted by molar-refractivity contribution is 0.0609. The zero-order valence-corrected chi connectivity index (χ0v) is 21.9. The Bertz CT molecular complexity index is 1340. The van der Waals surface area contributed by atoms with E-state index in [1.54, 1.807) is 31.4 Å². The first-order valence-corrected chi connectivity index (χ1v) is 13.0. The number of benzene rings is 2. The zero-order chi connectivity index (χ0) is 25.5. The maximum atomic E-state index is 13.1. The van der Waals surface area contributed by atoms with Gasteiger partial charge in [-0.15, -0.1) is 11.3 Å². The molecule has 1 unspecified atom stereocenters. The minimum atomic E-state index is -0.729. The summed E-state index contributed by atoms with van der Waals surface area (Å²) in [5, 5.41) is 13.9. The van der Waals surface area contributed by atoms with Crippen LogP contribution in [0.1, 0.15) is 17.8 Å². The second kappa shape index (κ2) is 12.5. The van der Waals surface area contributed by atoms with Crippen molar-refractivity contribution in [3.8, 4) is 16.9 Å². The van der Waals surface area contributed by atoms with Crippen molar-refractivity contribution in [3.63, 3.8) is 0 Å². The van der Waals surface area contributed by atoms with Gasteiger partial charge < -0.3 is 19.6 Å². The van der Waals surface area contributed by atoms with Gasteiger partial charge in [0.25, 0.3) is 5.56 Å². The molecule has 190 valence electrons. The molecule has 0 bridgehead atoms. The fourth-order valence-electron chi connectivity index (χ4n) is 4.09. The standard InChI is InChI=1S/C27H30ClN3O4S/c1-18-6-3-4-7-22(18)23-17-36-27-25(23)26(33)29-24(30-27)15-31(12-5-13-34-2)14-20(32)16-35-21-10-8-19(28)9-11-21/h3-4,6-11,17,20,32H,5,12-16H2,1-2H3,(H,29,30,33). The van der Waals surface area contributed by atoms with Crippen molar-refractivity contribution in [2.45, 2.75) is 26.0 Å². The van der Waals surface area contributed by atoms with Gasteiger partial charge in [-0.05, 0) is 48.7 Å². The van der Waals surface area contributed by atoms with Crippen LogP contribution >= 0.6 is 22.9 Å². The topological polar surface area (TPSA) is 87.7 Å². The van der Waals surface area contributed by atoms with E-state index in [9.17, 15) is 9.90 Å². The number of nitrogens with one attached hydrogen (secondary N) is 1. The summed E-state index contributed by atoms with van der Waals surface area (Å²) >= 11 is 7.38. The third-order valence-corrected chi connectivity index (χ3v) is 6.97. The van der Waals surface area contributed by atoms with Gasteiger partial charge in [0, 0.05) is 42.8 Å². The summed E-state index contributed by atoms with van der Waals surface area (Å²) in [5.41, 5.74) is 2.90. The maximum Gasteiger partial charge on any atom is 0.260 e. The van der Waals surface area contributed by atoms with Crippen LogP contribution < -0.4 is 10.3 Å². The number of hydrogen-bond donors (Lipinski definition) is 2. The van der Waals surface area contributed by atoms with E-state index in [1.807, 2.05) is 36.6 Å². The van der Waals surface area contributed by atoms with E-state index in [0.29, 0.717) is 53.1 Å². The van der Waals surface area contributed by atoms with E-state index in [1.165, 1.54) is 11.3 Å². The number of thiophene rings is 1. The average Bonchev–Trinajstić information content (AvgIpc) is 3.28. The van der Waals surface area contributed by atoms with Crippen molar-refractivity contribution in [1.82, 2.24) is 14.9 Å². The minimum absolute atomic E-state index is 0.135. The molecule has 9 heteroatoms. The van der Waals surface area contributed by atoms with Crippen molar-refractivity contribution in [2.24, 2.45) is 0 Å². The van der Waals surface area contributed by atoms with Crippen molar-refractivity contribution < 1.29 is 14.6 Å². The minimum Gasteiger partial charge on any atom is -0.491 e. The van der Waals surface area contributed by atoms with Gasteiger partial charge >= 0.3 is 0 Å². The van der Waals surface area contributed by atoms with Crippen LogP contribution in [0.2, 0.25) is 5.02 Å². The number of methoxy groups -OCH3 is 1. The Morgan fingerprint density at radius 2 is 1.94 bits per heavy atom. The molecule has 2 heterocycles. The summed E-state index contributed by atoms with van der Waals surface area (Å²) in [7, 11) is 1.66. The SMILES string of the molecule is COCCCN(Cc1nc2scc(-c3ccccc3C)c2c(=O)[nH]1)CC(O)COc1ccc(Cl)cc1. The highest BCUT2D eigenvalue weighted by Gasteiger charge is 2.18. The van der Waals surface area contributed by atoms with Crippen LogP contribution in [0.25, 0.3) is 21.3 Å². The lowest BCUT2D eigenvalue weighted by Gasteiger charge is -2.24. The van der Waals surface area contributed by atoms with Gasteiger partial charge in [-0.25, -0.2) is 4.98 Å². The Morgan fingerprint density at radius 1 is 1.17 bits per heavy atom. The molecule has 7 nitrogen and oxygen atoms in total. The quantitative estimate of drug-likeness (QED) is 0.255. The van der Waals surface area contributed by atoms with Gasteiger partial charge in [-0.3, -0.25) is 9.69 Å². The number of rotatable bonds is 12. The first-order chi connectivity index (χ1) is 17.4. The van der Waals surface area contributed by atoms with Crippen LogP contribution in [0.4, 0.5) is 0 Å². The number of ether oxygens (including phenoxy) is 2. The number of aryl methyl sites for hydroxylation is 1. The van der Waals surface area contributed by atoms with Crippen LogP contribution in [-0.2, 0) is 11.3 Å². The molecule has 4 aromatic rings. The van der Waals surface area contributed by atoms with E-state index in [2.05, 4.69) is 9.88 Å². The van der Waals surface area contributed by atoms with Crippen molar-refractivity contribution in [3.05, 3.63) is 80.7 Å². The molecule has 0 saturated carbocycles. The van der Waals surface area contributed by atoms with Crippen LogP contribution in [0.3, 0.4) is 0 Å². The molecule has 4 rings (SSSR count). The Morgan fingerprint density at radius 3 is 2.69 bits per heavy atom. The number of aromatic nitrogens is 2. The number of fused-ring (bicyclic) bond motifs is 1. The van der Waals surface area contributed by atoms with Gasteiger partial charge in [-0.2, -0.15) is 0 Å². The number of hydrogen-bond acceptors (Lipinski definition) is 7. The summed E-state index contributed by atoms with van der Waals surface area (Å²) in [6.45, 7) is 4.20. The second-order valence-electron chi connectivity index (χ2n) is 8.66. The molecule has 2 aromatic carbocycles. The average molecular weight is 528 g/mol. The summed E-state index contributed by atoms with van der Waals surface area (Å²) in [6.07, 6.45) is 0.0533. The Labute approximate surface area is 219 Å². The summed E-state index contributed by atoms with van der Waals surface area (Å²) < 4.78 is 10.9. The Balaban J connectivity index is 1.48. The predicted octanol–water partition coefficient (Wildman–Crippen LogP) is 4.89. The highest BCUT2D eigenvalue weighted by molar-refractivity contribution is 7.17. The predicted molar refractivity (Wildman–Crippen MR) is 145 cm³/mol. The van der Waals surface area contributed by atoms with E-state index in [0.717, 1.165) is 23.1 Å². The third kappa shape index (κ3) is 6.72. The molecule has 0 aliphatic rings. The fraction of sp³-hybridized carbons (Fsp3) is 0.333. The van der Waals surface area contributed by atoms with Gasteiger partial charge in [-0.1, -0.05) is 35.9 Å². The van der Waals surface area contributed by atoms with Crippen molar-refractivity contribution >= 4 is 33.2 Å². The highest BCUT2D eigenvalue weighted by atomic mass is 35.5. The molecule has 1 atom stereocenters. The van der Waals surface area contributed by atoms with Crippen LogP contribution in [0.5, 0.6) is 5.75 Å². The lowest BCUT2D eigenvalue weighted by atomic mass is 10.0. The van der Waals surface area contributed by atoms with Crippen LogP contribution in [0.15, 0.2) is 58.7 Å². The lowest BCUT2D eigenvalue weighted by Crippen LogP contribution is -2.37. The van der Waals surface area contributed by atoms with E-state index >= 15 is 0 Å². The number of aliphatic hydroxyl groups is 1. The molecule has 0 aliphatic heterocycles. The molecule has 2 N–H and O–H groups in total. The highest BCUT2D eigenvalue weighted by Crippen LogP contribution is 2.32. The van der Waals surface area contributed by atoms with E-state index < -0.39 is 6.10 Å². The molecule has 2 aromatic heterocycles. The molecule has 0 radical (unpaired) electrons. The maximum absolute atomic E-state index is 13.1. The first-order valence-electron chi connectivity index (χ1n) is 11.8. The molecule has 36 heavy (non-hydrogen) atoms. The number of aromatic amines is 1. The van der Waals surface area contributed by atoms with Gasteiger partial charge in [0.1, 0.15) is 29.1 Å². The number of nitrogens with zero attached hydrogens (tertiary/aromatic N) is 2. The molecule has 0 aliphatic carbocycles. The molecule has 0 spiro atoms. The van der Waals surface area contributed by atoms with Gasteiger partial charge in [0.05, 0.1) is 11.9 Å². The van der Waals surface area contributed by atoms with E-state index in [-0.39, 0.29) is 12.2 Å². The summed E-state index contributed by atoms with van der Waals surface area (Å²) in [5.74, 6) is 1.21. The van der Waals surface area contributed by atoms with Gasteiger partial charge in [0.2, 0.25) is 0 Å². The zero-order valence-electron chi connectivity index (χ0n) is 20.4. The van der Waals surface area contributed by atoms with Gasteiger partial charge in [0.15, 0.2) is 0 Å². The summed E-state index contributed by atoms with van der Waals surface area (Å²) in [6, 6.07) is 15.0. The van der Waals surface area contributed by atoms with Crippen LogP contribution in [-0.4, -0.2) is 59.5 Å². The largest absolute Gasteiger partial charge is 0.491 e. The smallest absolute Gasteiger partial charge is 0.260 e. The number of H-pyrrole nitrogens is 1. The molecule has 0 fully saturated rings. The molecular weight excluding hydrogens is 498 g/mol. The fourth-order valence-corrected chi connectivity index (χ4v) is 5.18. The first kappa shape index (κ1) is 26.3. The molecular formula is C27H30ClN3O4S. The third-order valence-electron chi connectivity index (χ3n) is 5.85. The Hall–Kier alpha value is -2.75. The summed E-state index contributed by atoms with van der Waals surface area (Å²) in [4.78, 5) is 23.6. The monoisotopic (exact) mass is 527 g/mol. The normalized spacial score (nSPS) is 12.4. The second-order valence-corrected chi connectivity index (χ2v) is 9.95. The van der Waals surface area contributed by atoms with E-state index in [4.69, 9.17) is 26.1 Å². The molecule has 0 saturated heterocycles. The van der Waals surface area contributed by atoms with Crippen molar-refractivity contribution in [1.29, 1.82) is 0 Å². The number of halogens is 1. The van der Waals surface area contributed by atoms with Crippen molar-refractivity contribution in [2.75, 3.05) is 33.4 Å². The number of aliphatic hydroxyl groups excluding tert-OH is 1. The Kier molecular flexibility index (Phi) is 9.12. The van der Waals surface area contributed by atoms with Crippen LogP contribution in [0, 0.1) is 6.92 Å². The molecule has 0 amide bonds.